The number of hydrogen-bond acceptors (Lipinski definition) is 6. The zero-order chi connectivity index (χ0) is 24.4. The van der Waals surface area contributed by atoms with Crippen LogP contribution in [0.2, 0.25) is 0 Å². The first kappa shape index (κ1) is 24.1. The largest absolute Gasteiger partial charge is 0.490 e. The summed E-state index contributed by atoms with van der Waals surface area (Å²) in [6.45, 7) is 1.74. The molecule has 0 saturated heterocycles. The fourth-order valence-electron chi connectivity index (χ4n) is 4.25. The van der Waals surface area contributed by atoms with Crippen LogP contribution in [-0.2, 0) is 19.5 Å². The molecule has 7 nitrogen and oxygen atoms in total. The van der Waals surface area contributed by atoms with Gasteiger partial charge in [0.2, 0.25) is 0 Å². The molecule has 4 rings (SSSR count). The van der Waals surface area contributed by atoms with Gasteiger partial charge in [0.15, 0.2) is 11.5 Å². The van der Waals surface area contributed by atoms with E-state index in [-0.39, 0.29) is 36.1 Å². The molecule has 3 heterocycles. The molecule has 1 aliphatic rings. The molecule has 0 radical (unpaired) electrons. The average molecular weight is 492 g/mol. The average Bonchev–Trinajstić information content (AvgIpc) is 2.95. The Morgan fingerprint density at radius 2 is 2.06 bits per heavy atom. The fraction of sp³-hybridized carbons (Fsp3) is 0.458. The number of aryl methyl sites for hydroxylation is 2. The summed E-state index contributed by atoms with van der Waals surface area (Å²) in [6.07, 6.45) is 3.79. The molecule has 1 amide bonds. The van der Waals surface area contributed by atoms with Crippen molar-refractivity contribution >= 4 is 27.5 Å². The minimum Gasteiger partial charge on any atom is -0.490 e. The van der Waals surface area contributed by atoms with E-state index in [9.17, 15) is 18.4 Å². The number of halogens is 2. The predicted molar refractivity (Wildman–Crippen MR) is 126 cm³/mol. The second kappa shape index (κ2) is 10.1. The molecule has 182 valence electrons. The van der Waals surface area contributed by atoms with Gasteiger partial charge < -0.3 is 14.4 Å². The van der Waals surface area contributed by atoms with Crippen LogP contribution in [0.25, 0.3) is 10.2 Å². The maximum Gasteiger partial charge on any atom is 0.387 e. The molecule has 0 bridgehead atoms. The zero-order valence-corrected chi connectivity index (χ0v) is 20.2. The van der Waals surface area contributed by atoms with E-state index >= 15 is 0 Å². The SMILES string of the molecule is CCOc1cc(CN(C)C(=O)c2sc3nc4n(c(=O)c3c2C)CCCCC4)ccc1OC(F)F. The molecule has 0 saturated carbocycles. The Labute approximate surface area is 199 Å². The molecular formula is C24H27F2N3O4S. The van der Waals surface area contributed by atoms with E-state index in [1.165, 1.54) is 22.3 Å². The second-order valence-electron chi connectivity index (χ2n) is 8.29. The maximum absolute atomic E-state index is 13.3. The van der Waals surface area contributed by atoms with Crippen LogP contribution in [0.3, 0.4) is 0 Å². The van der Waals surface area contributed by atoms with Crippen molar-refractivity contribution in [3.8, 4) is 11.5 Å². The lowest BCUT2D eigenvalue weighted by Gasteiger charge is -2.18. The van der Waals surface area contributed by atoms with Gasteiger partial charge in [-0.05, 0) is 49.9 Å². The summed E-state index contributed by atoms with van der Waals surface area (Å²) in [4.78, 5) is 33.8. The van der Waals surface area contributed by atoms with Crippen LogP contribution in [0.4, 0.5) is 8.78 Å². The van der Waals surface area contributed by atoms with Crippen LogP contribution < -0.4 is 15.0 Å². The van der Waals surface area contributed by atoms with Gasteiger partial charge in [0.05, 0.1) is 16.9 Å². The van der Waals surface area contributed by atoms with Crippen LogP contribution in [0, 0.1) is 6.92 Å². The van der Waals surface area contributed by atoms with Gasteiger partial charge in [-0.3, -0.25) is 14.2 Å². The van der Waals surface area contributed by atoms with Crippen molar-refractivity contribution in [3.63, 3.8) is 0 Å². The zero-order valence-electron chi connectivity index (χ0n) is 19.4. The van der Waals surface area contributed by atoms with E-state index in [2.05, 4.69) is 4.74 Å². The standard InChI is InChI=1S/C24H27F2N3O4S/c1-4-32-17-12-15(9-10-16(17)33-24(25)26)13-28(3)23(31)20-14(2)19-21(34-20)27-18-8-6-5-7-11-29(18)22(19)30/h9-10,12,24H,4-8,11,13H2,1-3H3. The number of carbonyl (C=O) groups excluding carboxylic acids is 1. The van der Waals surface area contributed by atoms with Crippen LogP contribution in [0.15, 0.2) is 23.0 Å². The summed E-state index contributed by atoms with van der Waals surface area (Å²) in [7, 11) is 1.66. The first-order valence-corrected chi connectivity index (χ1v) is 12.1. The number of thiophene rings is 1. The Morgan fingerprint density at radius 3 is 2.79 bits per heavy atom. The van der Waals surface area contributed by atoms with Gasteiger partial charge in [0.1, 0.15) is 10.7 Å². The van der Waals surface area contributed by atoms with E-state index < -0.39 is 6.61 Å². The Balaban J connectivity index is 1.61. The van der Waals surface area contributed by atoms with Crippen molar-refractivity contribution in [2.75, 3.05) is 13.7 Å². The Hall–Kier alpha value is -3.01. The van der Waals surface area contributed by atoms with Gasteiger partial charge in [0.25, 0.3) is 11.5 Å². The van der Waals surface area contributed by atoms with Gasteiger partial charge in [-0.15, -0.1) is 11.3 Å². The molecule has 0 atom stereocenters. The molecule has 0 fully saturated rings. The lowest BCUT2D eigenvalue weighted by molar-refractivity contribution is -0.0514. The van der Waals surface area contributed by atoms with Crippen molar-refractivity contribution in [3.05, 3.63) is 50.4 Å². The van der Waals surface area contributed by atoms with Gasteiger partial charge >= 0.3 is 6.61 Å². The van der Waals surface area contributed by atoms with E-state index in [0.29, 0.717) is 32.8 Å². The normalized spacial score (nSPS) is 13.6. The molecule has 1 aliphatic heterocycles. The highest BCUT2D eigenvalue weighted by Crippen LogP contribution is 2.32. The van der Waals surface area contributed by atoms with E-state index in [4.69, 9.17) is 9.72 Å². The van der Waals surface area contributed by atoms with Crippen LogP contribution in [0.5, 0.6) is 11.5 Å². The number of carbonyl (C=O) groups is 1. The number of hydrogen-bond donors (Lipinski definition) is 0. The fourth-order valence-corrected chi connectivity index (χ4v) is 5.43. The highest BCUT2D eigenvalue weighted by Gasteiger charge is 2.24. The van der Waals surface area contributed by atoms with Gasteiger partial charge in [-0.25, -0.2) is 4.98 Å². The molecule has 0 N–H and O–H groups in total. The molecule has 34 heavy (non-hydrogen) atoms. The summed E-state index contributed by atoms with van der Waals surface area (Å²) in [5.41, 5.74) is 1.27. The smallest absolute Gasteiger partial charge is 0.387 e. The van der Waals surface area contributed by atoms with Crippen molar-refractivity contribution in [2.24, 2.45) is 0 Å². The first-order valence-electron chi connectivity index (χ1n) is 11.3. The third kappa shape index (κ3) is 4.77. The number of benzene rings is 1. The highest BCUT2D eigenvalue weighted by atomic mass is 32.1. The molecular weight excluding hydrogens is 464 g/mol. The Kier molecular flexibility index (Phi) is 7.16. The minimum atomic E-state index is -2.96. The molecule has 0 spiro atoms. The lowest BCUT2D eigenvalue weighted by atomic mass is 10.1. The molecule has 1 aromatic carbocycles. The lowest BCUT2D eigenvalue weighted by Crippen LogP contribution is -2.26. The number of ether oxygens (including phenoxy) is 2. The van der Waals surface area contributed by atoms with E-state index in [1.807, 2.05) is 0 Å². The van der Waals surface area contributed by atoms with Crippen molar-refractivity contribution < 1.29 is 23.0 Å². The summed E-state index contributed by atoms with van der Waals surface area (Å²) in [5, 5.41) is 0.513. The molecule has 0 unspecified atom stereocenters. The molecule has 2 aromatic heterocycles. The van der Waals surface area contributed by atoms with Crippen LogP contribution >= 0.6 is 11.3 Å². The van der Waals surface area contributed by atoms with Crippen molar-refractivity contribution in [2.45, 2.75) is 59.2 Å². The third-order valence-corrected chi connectivity index (χ3v) is 7.07. The summed E-state index contributed by atoms with van der Waals surface area (Å²) in [6, 6.07) is 4.62. The monoisotopic (exact) mass is 491 g/mol. The molecule has 0 aliphatic carbocycles. The molecule has 3 aromatic rings. The number of rotatable bonds is 7. The number of fused-ring (bicyclic) bond motifs is 2. The Morgan fingerprint density at radius 1 is 1.26 bits per heavy atom. The van der Waals surface area contributed by atoms with Gasteiger partial charge in [-0.2, -0.15) is 8.78 Å². The topological polar surface area (TPSA) is 73.7 Å². The third-order valence-electron chi connectivity index (χ3n) is 5.90. The maximum atomic E-state index is 13.3. The number of amides is 1. The number of aromatic nitrogens is 2. The number of alkyl halides is 2. The van der Waals surface area contributed by atoms with E-state index in [1.54, 1.807) is 37.6 Å². The number of nitrogens with zero attached hydrogens (tertiary/aromatic N) is 3. The summed E-state index contributed by atoms with van der Waals surface area (Å²) < 4.78 is 37.0. The highest BCUT2D eigenvalue weighted by molar-refractivity contribution is 7.20. The van der Waals surface area contributed by atoms with Gasteiger partial charge in [0, 0.05) is 26.6 Å². The minimum absolute atomic E-state index is 0.0544. The molecule has 10 heteroatoms. The second-order valence-corrected chi connectivity index (χ2v) is 9.28. The predicted octanol–water partition coefficient (Wildman–Crippen LogP) is 4.77. The first-order chi connectivity index (χ1) is 16.3. The Bertz CT molecular complexity index is 1270. The van der Waals surface area contributed by atoms with Crippen molar-refractivity contribution in [1.82, 2.24) is 14.5 Å². The quantitative estimate of drug-likeness (QED) is 0.476. The van der Waals surface area contributed by atoms with E-state index in [0.717, 1.165) is 31.5 Å². The van der Waals surface area contributed by atoms with Crippen LogP contribution in [0.1, 0.15) is 52.8 Å². The summed E-state index contributed by atoms with van der Waals surface area (Å²) >= 11 is 1.24. The summed E-state index contributed by atoms with van der Waals surface area (Å²) in [5.74, 6) is 0.697. The van der Waals surface area contributed by atoms with Crippen molar-refractivity contribution in [1.29, 1.82) is 0 Å². The van der Waals surface area contributed by atoms with Crippen LogP contribution in [-0.4, -0.2) is 40.6 Å². The van der Waals surface area contributed by atoms with Gasteiger partial charge in [-0.1, -0.05) is 12.5 Å².